The minimum absolute atomic E-state index is 0.00159. The fourth-order valence-electron chi connectivity index (χ4n) is 2.76. The zero-order valence-electron chi connectivity index (χ0n) is 11.2. The second kappa shape index (κ2) is 7.41. The molecule has 0 spiro atoms. The second-order valence-electron chi connectivity index (χ2n) is 5.08. The molecule has 20 heavy (non-hydrogen) atoms. The van der Waals surface area contributed by atoms with Crippen molar-refractivity contribution in [2.75, 3.05) is 11.9 Å². The average molecular weight is 363 g/mol. The highest BCUT2D eigenvalue weighted by Crippen LogP contribution is 2.26. The van der Waals surface area contributed by atoms with Gasteiger partial charge in [-0.15, -0.1) is 0 Å². The summed E-state index contributed by atoms with van der Waals surface area (Å²) in [4.78, 5) is 14.4. The number of benzene rings is 1. The minimum Gasteiger partial charge on any atom is -0.335 e. The summed E-state index contributed by atoms with van der Waals surface area (Å²) >= 11 is 9.15. The van der Waals surface area contributed by atoms with E-state index in [4.69, 9.17) is 11.6 Å². The number of amides is 1. The molecule has 0 heterocycles. The fourth-order valence-corrected chi connectivity index (χ4v) is 3.31. The number of carbonyl (C=O) groups excluding carboxylic acids is 1. The van der Waals surface area contributed by atoms with E-state index >= 15 is 0 Å². The first-order chi connectivity index (χ1) is 9.65. The number of hydrogen-bond donors (Lipinski definition) is 0. The van der Waals surface area contributed by atoms with Gasteiger partial charge in [0.1, 0.15) is 0 Å². The van der Waals surface area contributed by atoms with Crippen LogP contribution in [0.1, 0.15) is 42.5 Å². The van der Waals surface area contributed by atoms with Crippen LogP contribution in [0.25, 0.3) is 0 Å². The SMILES string of the molecule is O=C(c1cccc(Cl)c1F)N(CCBr)C1CCCCC1. The van der Waals surface area contributed by atoms with Gasteiger partial charge in [-0.3, -0.25) is 4.79 Å². The molecule has 0 radical (unpaired) electrons. The van der Waals surface area contributed by atoms with Gasteiger partial charge in [0.05, 0.1) is 10.6 Å². The van der Waals surface area contributed by atoms with E-state index in [2.05, 4.69) is 15.9 Å². The Labute approximate surface area is 132 Å². The Balaban J connectivity index is 2.23. The second-order valence-corrected chi connectivity index (χ2v) is 6.28. The Bertz CT molecular complexity index is 477. The van der Waals surface area contributed by atoms with Crippen LogP contribution in [-0.2, 0) is 0 Å². The Morgan fingerprint density at radius 2 is 2.05 bits per heavy atom. The van der Waals surface area contributed by atoms with Gasteiger partial charge in [0.15, 0.2) is 5.82 Å². The predicted octanol–water partition coefficient (Wildman–Crippen LogP) is 4.65. The molecule has 0 saturated heterocycles. The number of alkyl halides is 1. The zero-order valence-corrected chi connectivity index (χ0v) is 13.6. The first-order valence-corrected chi connectivity index (χ1v) is 8.46. The van der Waals surface area contributed by atoms with E-state index in [9.17, 15) is 9.18 Å². The molecule has 0 unspecified atom stereocenters. The molecule has 1 aliphatic rings. The molecule has 0 N–H and O–H groups in total. The molecule has 2 nitrogen and oxygen atoms in total. The van der Waals surface area contributed by atoms with Crippen molar-refractivity contribution in [3.05, 3.63) is 34.6 Å². The Hall–Kier alpha value is -0.610. The Kier molecular flexibility index (Phi) is 5.85. The largest absolute Gasteiger partial charge is 0.335 e. The number of hydrogen-bond acceptors (Lipinski definition) is 1. The molecule has 0 aromatic heterocycles. The third kappa shape index (κ3) is 3.53. The number of halogens is 3. The first kappa shape index (κ1) is 15.8. The topological polar surface area (TPSA) is 20.3 Å². The van der Waals surface area contributed by atoms with Gasteiger partial charge >= 0.3 is 0 Å². The van der Waals surface area contributed by atoms with Gasteiger partial charge in [-0.1, -0.05) is 52.9 Å². The molecule has 2 rings (SSSR count). The molecular formula is C15H18BrClFNO. The maximum absolute atomic E-state index is 14.0. The smallest absolute Gasteiger partial charge is 0.257 e. The van der Waals surface area contributed by atoms with Gasteiger partial charge in [-0.05, 0) is 25.0 Å². The van der Waals surface area contributed by atoms with Gasteiger partial charge in [-0.25, -0.2) is 4.39 Å². The third-order valence-corrected chi connectivity index (χ3v) is 4.43. The Morgan fingerprint density at radius 3 is 2.70 bits per heavy atom. The summed E-state index contributed by atoms with van der Waals surface area (Å²) in [6.45, 7) is 0.593. The van der Waals surface area contributed by atoms with Crippen LogP contribution < -0.4 is 0 Å². The molecule has 0 bridgehead atoms. The molecule has 0 atom stereocenters. The first-order valence-electron chi connectivity index (χ1n) is 6.96. The van der Waals surface area contributed by atoms with Crippen LogP contribution in [0.4, 0.5) is 4.39 Å². The normalized spacial score (nSPS) is 16.1. The standard InChI is InChI=1S/C15H18BrClFNO/c16-9-10-19(11-5-2-1-3-6-11)15(20)12-7-4-8-13(17)14(12)18/h4,7-8,11H,1-3,5-6,9-10H2. The monoisotopic (exact) mass is 361 g/mol. The van der Waals surface area contributed by atoms with Crippen LogP contribution in [0.5, 0.6) is 0 Å². The van der Waals surface area contributed by atoms with Crippen molar-refractivity contribution in [1.29, 1.82) is 0 Å². The molecule has 5 heteroatoms. The van der Waals surface area contributed by atoms with Crippen molar-refractivity contribution in [3.63, 3.8) is 0 Å². The molecular weight excluding hydrogens is 345 g/mol. The summed E-state index contributed by atoms with van der Waals surface area (Å²) in [5.41, 5.74) is 0.0732. The number of rotatable bonds is 4. The van der Waals surface area contributed by atoms with Gasteiger partial charge in [0, 0.05) is 17.9 Å². The van der Waals surface area contributed by atoms with Gasteiger partial charge in [-0.2, -0.15) is 0 Å². The molecule has 1 fully saturated rings. The average Bonchev–Trinajstić information content (AvgIpc) is 2.48. The maximum Gasteiger partial charge on any atom is 0.257 e. The molecule has 1 amide bonds. The maximum atomic E-state index is 14.0. The van der Waals surface area contributed by atoms with Crippen LogP contribution in [0, 0.1) is 5.82 Å². The van der Waals surface area contributed by atoms with E-state index in [0.717, 1.165) is 25.7 Å². The fraction of sp³-hybridized carbons (Fsp3) is 0.533. The molecule has 1 saturated carbocycles. The van der Waals surface area contributed by atoms with Crippen molar-refractivity contribution in [1.82, 2.24) is 4.90 Å². The predicted molar refractivity (Wildman–Crippen MR) is 83.1 cm³/mol. The summed E-state index contributed by atoms with van der Waals surface area (Å²) in [7, 11) is 0. The summed E-state index contributed by atoms with van der Waals surface area (Å²) in [6.07, 6.45) is 5.49. The van der Waals surface area contributed by atoms with Crippen LogP contribution in [0.3, 0.4) is 0 Å². The van der Waals surface area contributed by atoms with Crippen LogP contribution >= 0.6 is 27.5 Å². The van der Waals surface area contributed by atoms with Crippen molar-refractivity contribution < 1.29 is 9.18 Å². The van der Waals surface area contributed by atoms with E-state index < -0.39 is 5.82 Å². The summed E-state index contributed by atoms with van der Waals surface area (Å²) < 4.78 is 14.0. The molecule has 110 valence electrons. The van der Waals surface area contributed by atoms with E-state index in [1.165, 1.54) is 18.6 Å². The minimum atomic E-state index is -0.616. The third-order valence-electron chi connectivity index (χ3n) is 3.78. The van der Waals surface area contributed by atoms with Gasteiger partial charge in [0.2, 0.25) is 0 Å². The van der Waals surface area contributed by atoms with Gasteiger partial charge in [0.25, 0.3) is 5.91 Å². The number of nitrogens with zero attached hydrogens (tertiary/aromatic N) is 1. The summed E-state index contributed by atoms with van der Waals surface area (Å²) in [5, 5.41) is 0.690. The van der Waals surface area contributed by atoms with Crippen molar-refractivity contribution >= 4 is 33.4 Å². The van der Waals surface area contributed by atoms with Gasteiger partial charge < -0.3 is 4.90 Å². The molecule has 0 aliphatic heterocycles. The Morgan fingerprint density at radius 1 is 1.35 bits per heavy atom. The van der Waals surface area contributed by atoms with E-state index in [1.807, 2.05) is 0 Å². The lowest BCUT2D eigenvalue weighted by molar-refractivity contribution is 0.0646. The highest BCUT2D eigenvalue weighted by Gasteiger charge is 2.27. The quantitative estimate of drug-likeness (QED) is 0.714. The lowest BCUT2D eigenvalue weighted by Gasteiger charge is -2.34. The van der Waals surface area contributed by atoms with Crippen LogP contribution in [0.2, 0.25) is 5.02 Å². The summed E-state index contributed by atoms with van der Waals surface area (Å²) in [5.74, 6) is -0.870. The highest BCUT2D eigenvalue weighted by atomic mass is 79.9. The lowest BCUT2D eigenvalue weighted by Crippen LogP contribution is -2.42. The lowest BCUT2D eigenvalue weighted by atomic mass is 9.93. The van der Waals surface area contributed by atoms with Crippen LogP contribution in [0.15, 0.2) is 18.2 Å². The molecule has 1 aromatic rings. The van der Waals surface area contributed by atoms with Crippen molar-refractivity contribution in [2.45, 2.75) is 38.1 Å². The van der Waals surface area contributed by atoms with E-state index in [1.54, 1.807) is 11.0 Å². The van der Waals surface area contributed by atoms with E-state index in [-0.39, 0.29) is 22.5 Å². The molecule has 1 aliphatic carbocycles. The highest BCUT2D eigenvalue weighted by molar-refractivity contribution is 9.09. The molecule has 1 aromatic carbocycles. The van der Waals surface area contributed by atoms with Crippen LogP contribution in [-0.4, -0.2) is 28.7 Å². The van der Waals surface area contributed by atoms with E-state index in [0.29, 0.717) is 11.9 Å². The van der Waals surface area contributed by atoms with Crippen molar-refractivity contribution in [3.8, 4) is 0 Å². The summed E-state index contributed by atoms with van der Waals surface area (Å²) in [6, 6.07) is 4.80. The van der Waals surface area contributed by atoms with Crippen molar-refractivity contribution in [2.24, 2.45) is 0 Å². The zero-order chi connectivity index (χ0) is 14.5. The number of carbonyl (C=O) groups is 1.